The zero-order valence-corrected chi connectivity index (χ0v) is 10.1. The molecule has 0 saturated heterocycles. The maximum atomic E-state index is 12.0. The lowest BCUT2D eigenvalue weighted by atomic mass is 9.93. The maximum absolute atomic E-state index is 12.0. The van der Waals surface area contributed by atoms with E-state index in [1.165, 1.54) is 0 Å². The van der Waals surface area contributed by atoms with Gasteiger partial charge in [0.15, 0.2) is 0 Å². The van der Waals surface area contributed by atoms with Crippen LogP contribution in [-0.4, -0.2) is 23.2 Å². The minimum Gasteiger partial charge on any atom is -0.469 e. The van der Waals surface area contributed by atoms with Gasteiger partial charge in [0.2, 0.25) is 0 Å². The number of hydrogen-bond donors (Lipinski definition) is 2. The van der Waals surface area contributed by atoms with E-state index in [0.29, 0.717) is 5.56 Å². The highest BCUT2D eigenvalue weighted by Gasteiger charge is 2.22. The van der Waals surface area contributed by atoms with Crippen LogP contribution in [0.1, 0.15) is 48.7 Å². The van der Waals surface area contributed by atoms with Crippen molar-refractivity contribution in [1.29, 1.82) is 0 Å². The lowest BCUT2D eigenvalue weighted by molar-refractivity contribution is 0.0866. The Bertz CT molecular complexity index is 378. The molecule has 0 spiro atoms. The Morgan fingerprint density at radius 1 is 1.47 bits per heavy atom. The van der Waals surface area contributed by atoms with E-state index in [-0.39, 0.29) is 18.1 Å². The molecule has 0 unspecified atom stereocenters. The van der Waals surface area contributed by atoms with E-state index >= 15 is 0 Å². The van der Waals surface area contributed by atoms with E-state index in [9.17, 15) is 9.90 Å². The lowest BCUT2D eigenvalue weighted by Gasteiger charge is -2.26. The van der Waals surface area contributed by atoms with Crippen molar-refractivity contribution in [3.05, 3.63) is 23.7 Å². The van der Waals surface area contributed by atoms with Crippen LogP contribution in [0, 0.1) is 0 Å². The molecule has 94 valence electrons. The van der Waals surface area contributed by atoms with E-state index in [0.717, 1.165) is 37.9 Å². The summed E-state index contributed by atoms with van der Waals surface area (Å²) < 4.78 is 5.24. The van der Waals surface area contributed by atoms with Gasteiger partial charge in [0.05, 0.1) is 17.9 Å². The Labute approximate surface area is 101 Å². The van der Waals surface area contributed by atoms with Gasteiger partial charge in [0.1, 0.15) is 5.76 Å². The minimum absolute atomic E-state index is 0.0583. The molecule has 2 rings (SSSR count). The van der Waals surface area contributed by atoms with Crippen LogP contribution in [0.3, 0.4) is 0 Å². The molecule has 17 heavy (non-hydrogen) atoms. The first kappa shape index (κ1) is 12.2. The molecule has 4 heteroatoms. The highest BCUT2D eigenvalue weighted by Crippen LogP contribution is 2.19. The van der Waals surface area contributed by atoms with E-state index in [1.54, 1.807) is 12.3 Å². The van der Waals surface area contributed by atoms with Crippen molar-refractivity contribution in [3.8, 4) is 0 Å². The molecule has 1 saturated carbocycles. The van der Waals surface area contributed by atoms with Crippen LogP contribution >= 0.6 is 0 Å². The summed E-state index contributed by atoms with van der Waals surface area (Å²) in [5.74, 6) is 0.676. The number of carbonyl (C=O) groups is 1. The van der Waals surface area contributed by atoms with Gasteiger partial charge in [-0.2, -0.15) is 0 Å². The van der Waals surface area contributed by atoms with Crippen LogP contribution < -0.4 is 5.32 Å². The number of aliphatic hydroxyl groups excluding tert-OH is 1. The van der Waals surface area contributed by atoms with Crippen molar-refractivity contribution in [3.63, 3.8) is 0 Å². The van der Waals surface area contributed by atoms with Gasteiger partial charge < -0.3 is 14.8 Å². The quantitative estimate of drug-likeness (QED) is 0.843. The molecule has 4 nitrogen and oxygen atoms in total. The average molecular weight is 237 g/mol. The number of amides is 1. The largest absolute Gasteiger partial charge is 0.469 e. The molecule has 0 aromatic carbocycles. The van der Waals surface area contributed by atoms with Crippen LogP contribution in [0.4, 0.5) is 0 Å². The third-order valence-corrected chi connectivity index (χ3v) is 3.34. The summed E-state index contributed by atoms with van der Waals surface area (Å²) in [4.78, 5) is 12.0. The van der Waals surface area contributed by atoms with Crippen molar-refractivity contribution in [2.45, 2.75) is 51.2 Å². The number of nitrogens with one attached hydrogen (secondary N) is 1. The molecule has 1 heterocycles. The monoisotopic (exact) mass is 237 g/mol. The average Bonchev–Trinajstić information content (AvgIpc) is 2.80. The van der Waals surface area contributed by atoms with E-state index < -0.39 is 0 Å². The fourth-order valence-corrected chi connectivity index (χ4v) is 2.30. The summed E-state index contributed by atoms with van der Waals surface area (Å²) in [5.41, 5.74) is 0.638. The van der Waals surface area contributed by atoms with Crippen molar-refractivity contribution >= 4 is 5.91 Å². The summed E-state index contributed by atoms with van der Waals surface area (Å²) in [6, 6.07) is 1.90. The number of aliphatic hydroxyl groups is 1. The summed E-state index contributed by atoms with van der Waals surface area (Å²) in [7, 11) is 0. The molecule has 1 aromatic heterocycles. The molecule has 0 bridgehead atoms. The SMILES string of the molecule is CCc1occc1C(=O)NC1CCC(O)CC1. The van der Waals surface area contributed by atoms with Gasteiger partial charge in [0, 0.05) is 12.5 Å². The van der Waals surface area contributed by atoms with E-state index in [4.69, 9.17) is 4.42 Å². The van der Waals surface area contributed by atoms with Crippen LogP contribution in [0.15, 0.2) is 16.7 Å². The van der Waals surface area contributed by atoms with Crippen LogP contribution in [0.25, 0.3) is 0 Å². The molecule has 1 fully saturated rings. The van der Waals surface area contributed by atoms with Crippen LogP contribution in [0.5, 0.6) is 0 Å². The number of aryl methyl sites for hydroxylation is 1. The molecule has 1 aliphatic rings. The fraction of sp³-hybridized carbons (Fsp3) is 0.615. The number of furan rings is 1. The normalized spacial score (nSPS) is 24.6. The van der Waals surface area contributed by atoms with Gasteiger partial charge in [-0.15, -0.1) is 0 Å². The Balaban J connectivity index is 1.93. The first-order valence-corrected chi connectivity index (χ1v) is 6.26. The Morgan fingerprint density at radius 3 is 2.82 bits per heavy atom. The zero-order valence-electron chi connectivity index (χ0n) is 10.1. The number of rotatable bonds is 3. The van der Waals surface area contributed by atoms with Gasteiger partial charge in [-0.1, -0.05) is 6.92 Å². The molecule has 1 aliphatic carbocycles. The van der Waals surface area contributed by atoms with Gasteiger partial charge in [-0.05, 0) is 31.7 Å². The Kier molecular flexibility index (Phi) is 3.84. The second-order valence-electron chi connectivity index (χ2n) is 4.59. The molecular weight excluding hydrogens is 218 g/mol. The summed E-state index contributed by atoms with van der Waals surface area (Å²) in [6.07, 6.45) is 5.34. The van der Waals surface area contributed by atoms with Crippen molar-refractivity contribution in [1.82, 2.24) is 5.32 Å². The molecular formula is C13H19NO3. The topological polar surface area (TPSA) is 62.5 Å². The van der Waals surface area contributed by atoms with Gasteiger partial charge in [0.25, 0.3) is 5.91 Å². The first-order chi connectivity index (χ1) is 8.20. The molecule has 0 aliphatic heterocycles. The van der Waals surface area contributed by atoms with Crippen molar-refractivity contribution < 1.29 is 14.3 Å². The second kappa shape index (κ2) is 5.36. The molecule has 2 N–H and O–H groups in total. The van der Waals surface area contributed by atoms with Crippen LogP contribution in [0.2, 0.25) is 0 Å². The summed E-state index contributed by atoms with van der Waals surface area (Å²) >= 11 is 0. The molecule has 1 aromatic rings. The Hall–Kier alpha value is -1.29. The molecule has 1 amide bonds. The highest BCUT2D eigenvalue weighted by atomic mass is 16.3. The predicted octanol–water partition coefficient (Wildman–Crippen LogP) is 1.88. The smallest absolute Gasteiger partial charge is 0.255 e. The van der Waals surface area contributed by atoms with Crippen LogP contribution in [-0.2, 0) is 6.42 Å². The first-order valence-electron chi connectivity index (χ1n) is 6.26. The zero-order chi connectivity index (χ0) is 12.3. The van der Waals surface area contributed by atoms with Gasteiger partial charge in [-0.3, -0.25) is 4.79 Å². The van der Waals surface area contributed by atoms with Gasteiger partial charge >= 0.3 is 0 Å². The van der Waals surface area contributed by atoms with E-state index in [2.05, 4.69) is 5.32 Å². The third-order valence-electron chi connectivity index (χ3n) is 3.34. The van der Waals surface area contributed by atoms with E-state index in [1.807, 2.05) is 6.92 Å². The predicted molar refractivity (Wildman–Crippen MR) is 63.8 cm³/mol. The van der Waals surface area contributed by atoms with Crippen molar-refractivity contribution in [2.75, 3.05) is 0 Å². The van der Waals surface area contributed by atoms with Gasteiger partial charge in [-0.25, -0.2) is 0 Å². The minimum atomic E-state index is -0.191. The number of carbonyl (C=O) groups excluding carboxylic acids is 1. The summed E-state index contributed by atoms with van der Waals surface area (Å²) in [6.45, 7) is 1.96. The fourth-order valence-electron chi connectivity index (χ4n) is 2.30. The Morgan fingerprint density at radius 2 is 2.18 bits per heavy atom. The third kappa shape index (κ3) is 2.88. The molecule has 0 atom stereocenters. The van der Waals surface area contributed by atoms with Crippen molar-refractivity contribution in [2.24, 2.45) is 0 Å². The standard InChI is InChI=1S/C13H19NO3/c1-2-12-11(7-8-17-12)13(16)14-9-3-5-10(15)6-4-9/h7-10,15H,2-6H2,1H3,(H,14,16). The number of hydrogen-bond acceptors (Lipinski definition) is 3. The molecule has 0 radical (unpaired) electrons. The lowest BCUT2D eigenvalue weighted by Crippen LogP contribution is -2.38. The highest BCUT2D eigenvalue weighted by molar-refractivity contribution is 5.95. The second-order valence-corrected chi connectivity index (χ2v) is 4.59. The maximum Gasteiger partial charge on any atom is 0.255 e. The summed E-state index contributed by atoms with van der Waals surface area (Å²) in [5, 5.41) is 12.4.